The van der Waals surface area contributed by atoms with Crippen LogP contribution in [0.1, 0.15) is 28.0 Å². The molecule has 1 amide bonds. The lowest BCUT2D eigenvalue weighted by Gasteiger charge is -2.17. The summed E-state index contributed by atoms with van der Waals surface area (Å²) >= 11 is 1.58. The fraction of sp³-hybridized carbons (Fsp3) is 0.136. The van der Waals surface area contributed by atoms with Crippen LogP contribution >= 0.6 is 11.3 Å². The standard InChI is InChI=1S/C22H19N3O3S/c1-13-10-15(22(23)28)3-7-18(13)25-16(5-9-21(26)27)4-8-19(25)14-2-6-17-20(11-14)29-12-24-17/h2-4,6-8,10-12H,5,9H2,1H3,(H2,23,28)(H,26,27). The predicted octanol–water partition coefficient (Wildman–Crippen LogP) is 4.18. The van der Waals surface area contributed by atoms with Gasteiger partial charge in [0.2, 0.25) is 5.91 Å². The van der Waals surface area contributed by atoms with Gasteiger partial charge in [0.25, 0.3) is 0 Å². The highest BCUT2D eigenvalue weighted by molar-refractivity contribution is 7.16. The van der Waals surface area contributed by atoms with Crippen molar-refractivity contribution < 1.29 is 14.7 Å². The lowest BCUT2D eigenvalue weighted by molar-refractivity contribution is -0.136. The van der Waals surface area contributed by atoms with Crippen molar-refractivity contribution >= 4 is 33.4 Å². The van der Waals surface area contributed by atoms with Crippen molar-refractivity contribution in [3.63, 3.8) is 0 Å². The zero-order chi connectivity index (χ0) is 20.5. The zero-order valence-electron chi connectivity index (χ0n) is 15.8. The van der Waals surface area contributed by atoms with Crippen LogP contribution < -0.4 is 5.73 Å². The molecule has 6 nitrogen and oxygen atoms in total. The first kappa shape index (κ1) is 18.9. The van der Waals surface area contributed by atoms with E-state index in [1.54, 1.807) is 23.5 Å². The Labute approximate surface area is 171 Å². The van der Waals surface area contributed by atoms with Crippen molar-refractivity contribution in [1.82, 2.24) is 9.55 Å². The average Bonchev–Trinajstić information content (AvgIpc) is 3.32. The first-order valence-electron chi connectivity index (χ1n) is 9.11. The summed E-state index contributed by atoms with van der Waals surface area (Å²) in [6.07, 6.45) is 0.435. The molecule has 0 aliphatic heterocycles. The molecule has 0 fully saturated rings. The van der Waals surface area contributed by atoms with Crippen molar-refractivity contribution in [2.75, 3.05) is 0 Å². The number of carboxylic acid groups (broad SMARTS) is 1. The van der Waals surface area contributed by atoms with Gasteiger partial charge >= 0.3 is 5.97 Å². The molecule has 146 valence electrons. The molecule has 7 heteroatoms. The highest BCUT2D eigenvalue weighted by Crippen LogP contribution is 2.32. The van der Waals surface area contributed by atoms with E-state index in [1.165, 1.54) is 0 Å². The molecule has 0 saturated heterocycles. The van der Waals surface area contributed by atoms with Crippen molar-refractivity contribution in [2.45, 2.75) is 19.8 Å². The Morgan fingerprint density at radius 1 is 1.14 bits per heavy atom. The summed E-state index contributed by atoms with van der Waals surface area (Å²) in [6, 6.07) is 15.4. The number of benzene rings is 2. The molecule has 0 aliphatic rings. The summed E-state index contributed by atoms with van der Waals surface area (Å²) in [4.78, 5) is 27.0. The molecule has 2 aromatic carbocycles. The van der Waals surface area contributed by atoms with Crippen molar-refractivity contribution in [3.05, 3.63) is 70.9 Å². The maximum Gasteiger partial charge on any atom is 0.303 e. The number of hydrogen-bond donors (Lipinski definition) is 2. The van der Waals surface area contributed by atoms with Gasteiger partial charge in [-0.1, -0.05) is 6.07 Å². The van der Waals surface area contributed by atoms with Crippen LogP contribution in [0.25, 0.3) is 27.2 Å². The summed E-state index contributed by atoms with van der Waals surface area (Å²) in [5.74, 6) is -1.32. The number of carbonyl (C=O) groups excluding carboxylic acids is 1. The summed E-state index contributed by atoms with van der Waals surface area (Å²) in [5, 5.41) is 9.14. The lowest BCUT2D eigenvalue weighted by Crippen LogP contribution is -2.12. The van der Waals surface area contributed by atoms with Crippen LogP contribution in [0.3, 0.4) is 0 Å². The highest BCUT2D eigenvalue weighted by Gasteiger charge is 2.16. The van der Waals surface area contributed by atoms with E-state index in [2.05, 4.69) is 15.6 Å². The molecule has 0 unspecified atom stereocenters. The number of aromatic nitrogens is 2. The predicted molar refractivity (Wildman–Crippen MR) is 114 cm³/mol. The maximum absolute atomic E-state index is 11.5. The fourth-order valence-electron chi connectivity index (χ4n) is 3.49. The second-order valence-electron chi connectivity index (χ2n) is 6.84. The van der Waals surface area contributed by atoms with Crippen LogP contribution in [0.15, 0.2) is 54.0 Å². The summed E-state index contributed by atoms with van der Waals surface area (Å²) in [6.45, 7) is 1.92. The first-order valence-corrected chi connectivity index (χ1v) is 9.99. The van der Waals surface area contributed by atoms with Crippen LogP contribution in [0, 0.1) is 6.92 Å². The van der Waals surface area contributed by atoms with Gasteiger partial charge in [-0.2, -0.15) is 0 Å². The minimum Gasteiger partial charge on any atom is -0.481 e. The maximum atomic E-state index is 11.5. The van der Waals surface area contributed by atoms with Gasteiger partial charge in [0.1, 0.15) is 0 Å². The van der Waals surface area contributed by atoms with E-state index in [1.807, 2.05) is 42.8 Å². The van der Waals surface area contributed by atoms with Gasteiger partial charge in [-0.25, -0.2) is 4.98 Å². The topological polar surface area (TPSA) is 98.2 Å². The number of amides is 1. The largest absolute Gasteiger partial charge is 0.481 e. The number of primary amides is 1. The molecule has 0 saturated carbocycles. The van der Waals surface area contributed by atoms with Gasteiger partial charge in [0.15, 0.2) is 0 Å². The number of carboxylic acids is 1. The number of rotatable bonds is 6. The van der Waals surface area contributed by atoms with Gasteiger partial charge in [-0.3, -0.25) is 9.59 Å². The Bertz CT molecular complexity index is 1240. The first-order chi connectivity index (χ1) is 13.9. The quantitative estimate of drug-likeness (QED) is 0.503. The van der Waals surface area contributed by atoms with Crippen LogP contribution in [0.4, 0.5) is 0 Å². The van der Waals surface area contributed by atoms with Gasteiger partial charge in [-0.05, 0) is 61.4 Å². The molecular formula is C22H19N3O3S. The number of carbonyl (C=O) groups is 2. The fourth-order valence-corrected chi connectivity index (χ4v) is 4.21. The lowest BCUT2D eigenvalue weighted by atomic mass is 10.1. The van der Waals surface area contributed by atoms with E-state index in [-0.39, 0.29) is 6.42 Å². The van der Waals surface area contributed by atoms with Crippen molar-refractivity contribution in [2.24, 2.45) is 5.73 Å². The average molecular weight is 405 g/mol. The third kappa shape index (κ3) is 3.64. The van der Waals surface area contributed by atoms with Gasteiger partial charge in [0.05, 0.1) is 27.8 Å². The van der Waals surface area contributed by atoms with Crippen LogP contribution in [-0.4, -0.2) is 26.5 Å². The molecule has 2 heterocycles. The molecule has 4 aromatic rings. The van der Waals surface area contributed by atoms with E-state index in [0.717, 1.165) is 38.4 Å². The van der Waals surface area contributed by atoms with E-state index >= 15 is 0 Å². The summed E-state index contributed by atoms with van der Waals surface area (Å²) in [5.41, 5.74) is 13.3. The van der Waals surface area contributed by atoms with Gasteiger partial charge in [0, 0.05) is 22.5 Å². The zero-order valence-corrected chi connectivity index (χ0v) is 16.6. The van der Waals surface area contributed by atoms with E-state index in [0.29, 0.717) is 12.0 Å². The number of aliphatic carboxylic acids is 1. The summed E-state index contributed by atoms with van der Waals surface area (Å²) < 4.78 is 3.15. The molecule has 29 heavy (non-hydrogen) atoms. The third-order valence-electron chi connectivity index (χ3n) is 4.91. The number of fused-ring (bicyclic) bond motifs is 1. The van der Waals surface area contributed by atoms with Crippen LogP contribution in [-0.2, 0) is 11.2 Å². The molecule has 0 atom stereocenters. The highest BCUT2D eigenvalue weighted by atomic mass is 32.1. The second-order valence-corrected chi connectivity index (χ2v) is 7.73. The molecule has 0 spiro atoms. The molecule has 0 bridgehead atoms. The minimum atomic E-state index is -0.842. The number of nitrogens with two attached hydrogens (primary N) is 1. The molecule has 0 aliphatic carbocycles. The van der Waals surface area contributed by atoms with Gasteiger partial charge in [-0.15, -0.1) is 11.3 Å². The molecule has 3 N–H and O–H groups in total. The Morgan fingerprint density at radius 2 is 1.97 bits per heavy atom. The van der Waals surface area contributed by atoms with Crippen molar-refractivity contribution in [1.29, 1.82) is 0 Å². The normalized spacial score (nSPS) is 11.1. The second kappa shape index (κ2) is 7.52. The van der Waals surface area contributed by atoms with Crippen LogP contribution in [0.2, 0.25) is 0 Å². The van der Waals surface area contributed by atoms with Crippen molar-refractivity contribution in [3.8, 4) is 16.9 Å². The summed E-state index contributed by atoms with van der Waals surface area (Å²) in [7, 11) is 0. The van der Waals surface area contributed by atoms with E-state index in [9.17, 15) is 9.59 Å². The van der Waals surface area contributed by atoms with E-state index < -0.39 is 11.9 Å². The Hall–Kier alpha value is -3.45. The minimum absolute atomic E-state index is 0.0375. The van der Waals surface area contributed by atoms with E-state index in [4.69, 9.17) is 10.8 Å². The molecule has 0 radical (unpaired) electrons. The Balaban J connectivity index is 1.88. The number of thiazole rings is 1. The molecule has 2 aromatic heterocycles. The molecule has 4 rings (SSSR count). The monoisotopic (exact) mass is 405 g/mol. The van der Waals surface area contributed by atoms with Crippen LogP contribution in [0.5, 0.6) is 0 Å². The third-order valence-corrected chi connectivity index (χ3v) is 5.70. The SMILES string of the molecule is Cc1cc(C(N)=O)ccc1-n1c(CCC(=O)O)ccc1-c1ccc2ncsc2c1. The van der Waals surface area contributed by atoms with Gasteiger partial charge < -0.3 is 15.4 Å². The Kier molecular flexibility index (Phi) is 4.90. The number of aryl methyl sites for hydroxylation is 2. The molecular weight excluding hydrogens is 386 g/mol. The number of nitrogens with zero attached hydrogens (tertiary/aromatic N) is 2. The smallest absolute Gasteiger partial charge is 0.303 e. The Morgan fingerprint density at radius 3 is 2.69 bits per heavy atom. The number of hydrogen-bond acceptors (Lipinski definition) is 4.